The van der Waals surface area contributed by atoms with Gasteiger partial charge in [-0.1, -0.05) is 42.5 Å². The molecular weight excluding hydrogens is 214 g/mol. The number of nitrogens with one attached hydrogen (secondary N) is 1. The van der Waals surface area contributed by atoms with Crippen LogP contribution in [0.3, 0.4) is 0 Å². The first-order chi connectivity index (χ1) is 8.31. The molecule has 0 aromatic heterocycles. The number of fused-ring (bicyclic) bond motifs is 1. The third-order valence-corrected chi connectivity index (χ3v) is 2.69. The van der Waals surface area contributed by atoms with Crippen LogP contribution in [0.2, 0.25) is 0 Å². The number of amides is 1. The van der Waals surface area contributed by atoms with Crippen LogP contribution in [0.1, 0.15) is 12.0 Å². The van der Waals surface area contributed by atoms with Gasteiger partial charge >= 0.3 is 0 Å². The van der Waals surface area contributed by atoms with Gasteiger partial charge in [0.1, 0.15) is 0 Å². The zero-order valence-corrected chi connectivity index (χ0v) is 9.52. The molecule has 0 atom stereocenters. The van der Waals surface area contributed by atoms with Gasteiger partial charge in [-0.15, -0.1) is 0 Å². The molecule has 0 heterocycles. The Labute approximate surface area is 100 Å². The molecule has 3 heteroatoms. The maximum absolute atomic E-state index is 11.3. The van der Waals surface area contributed by atoms with Gasteiger partial charge in [0.25, 0.3) is 0 Å². The van der Waals surface area contributed by atoms with E-state index in [9.17, 15) is 4.79 Å². The standard InChI is InChI=1S/C14H15NO2/c16-9-8-14(17)15-10-12-6-3-5-11-4-1-2-7-13(11)12/h1-7,16H,8-10H2,(H,15,17). The first-order valence-corrected chi connectivity index (χ1v) is 5.65. The summed E-state index contributed by atoms with van der Waals surface area (Å²) in [5.41, 5.74) is 1.09. The second-order valence-corrected chi connectivity index (χ2v) is 3.89. The van der Waals surface area contributed by atoms with Crippen LogP contribution < -0.4 is 5.32 Å². The molecule has 0 unspecified atom stereocenters. The highest BCUT2D eigenvalue weighted by Gasteiger charge is 2.02. The topological polar surface area (TPSA) is 49.3 Å². The van der Waals surface area contributed by atoms with E-state index in [1.54, 1.807) is 0 Å². The number of hydrogen-bond donors (Lipinski definition) is 2. The molecule has 2 rings (SSSR count). The number of hydrogen-bond acceptors (Lipinski definition) is 2. The van der Waals surface area contributed by atoms with Gasteiger partial charge in [0.05, 0.1) is 6.61 Å². The van der Waals surface area contributed by atoms with Crippen LogP contribution in [0, 0.1) is 0 Å². The Kier molecular flexibility index (Phi) is 3.73. The van der Waals surface area contributed by atoms with Crippen LogP contribution in [-0.2, 0) is 11.3 Å². The molecule has 17 heavy (non-hydrogen) atoms. The van der Waals surface area contributed by atoms with Crippen molar-refractivity contribution in [2.24, 2.45) is 0 Å². The van der Waals surface area contributed by atoms with E-state index in [2.05, 4.69) is 5.32 Å². The fourth-order valence-corrected chi connectivity index (χ4v) is 1.83. The minimum Gasteiger partial charge on any atom is -0.396 e. The minimum absolute atomic E-state index is 0.110. The number of aliphatic hydroxyl groups excluding tert-OH is 1. The largest absolute Gasteiger partial charge is 0.396 e. The van der Waals surface area contributed by atoms with Crippen molar-refractivity contribution in [1.82, 2.24) is 5.32 Å². The van der Waals surface area contributed by atoms with Gasteiger partial charge in [0.2, 0.25) is 5.91 Å². The summed E-state index contributed by atoms with van der Waals surface area (Å²) < 4.78 is 0. The predicted octanol–water partition coefficient (Wildman–Crippen LogP) is 1.84. The van der Waals surface area contributed by atoms with Crippen molar-refractivity contribution in [3.8, 4) is 0 Å². The Morgan fingerprint density at radius 2 is 1.88 bits per heavy atom. The van der Waals surface area contributed by atoms with Gasteiger partial charge in [-0.05, 0) is 16.3 Å². The summed E-state index contributed by atoms with van der Waals surface area (Å²) in [6.07, 6.45) is 0.158. The Balaban J connectivity index is 2.16. The van der Waals surface area contributed by atoms with Gasteiger partial charge in [0.15, 0.2) is 0 Å². The van der Waals surface area contributed by atoms with Crippen molar-refractivity contribution < 1.29 is 9.90 Å². The van der Waals surface area contributed by atoms with Gasteiger partial charge in [-0.3, -0.25) is 4.79 Å². The van der Waals surface area contributed by atoms with E-state index in [0.29, 0.717) is 6.54 Å². The Morgan fingerprint density at radius 3 is 2.71 bits per heavy atom. The van der Waals surface area contributed by atoms with Crippen LogP contribution in [0.25, 0.3) is 10.8 Å². The normalized spacial score (nSPS) is 10.4. The lowest BCUT2D eigenvalue weighted by atomic mass is 10.0. The van der Waals surface area contributed by atoms with Gasteiger partial charge in [0, 0.05) is 13.0 Å². The second-order valence-electron chi connectivity index (χ2n) is 3.89. The van der Waals surface area contributed by atoms with Crippen molar-refractivity contribution in [1.29, 1.82) is 0 Å². The number of benzene rings is 2. The summed E-state index contributed by atoms with van der Waals surface area (Å²) in [6, 6.07) is 14.1. The summed E-state index contributed by atoms with van der Waals surface area (Å²) in [5, 5.41) is 13.8. The van der Waals surface area contributed by atoms with Crippen molar-refractivity contribution in [2.75, 3.05) is 6.61 Å². The lowest BCUT2D eigenvalue weighted by molar-refractivity contribution is -0.121. The number of aliphatic hydroxyl groups is 1. The smallest absolute Gasteiger partial charge is 0.222 e. The Morgan fingerprint density at radius 1 is 1.12 bits per heavy atom. The van der Waals surface area contributed by atoms with Crippen LogP contribution in [0.15, 0.2) is 42.5 Å². The van der Waals surface area contributed by atoms with E-state index in [1.807, 2.05) is 42.5 Å². The number of carbonyl (C=O) groups excluding carboxylic acids is 1. The molecule has 2 aromatic carbocycles. The van der Waals surface area contributed by atoms with E-state index in [4.69, 9.17) is 5.11 Å². The molecule has 3 nitrogen and oxygen atoms in total. The number of rotatable bonds is 4. The zero-order chi connectivity index (χ0) is 12.1. The molecular formula is C14H15NO2. The molecule has 1 amide bonds. The molecule has 0 radical (unpaired) electrons. The van der Waals surface area contributed by atoms with E-state index < -0.39 is 0 Å². The molecule has 0 aliphatic rings. The average molecular weight is 229 g/mol. The molecule has 0 spiro atoms. The highest BCUT2D eigenvalue weighted by molar-refractivity contribution is 5.86. The summed E-state index contributed by atoms with van der Waals surface area (Å²) in [4.78, 5) is 11.3. The quantitative estimate of drug-likeness (QED) is 0.840. The number of carbonyl (C=O) groups is 1. The van der Waals surface area contributed by atoms with Crippen LogP contribution >= 0.6 is 0 Å². The van der Waals surface area contributed by atoms with Crippen LogP contribution in [0.4, 0.5) is 0 Å². The second kappa shape index (κ2) is 5.46. The summed E-state index contributed by atoms with van der Waals surface area (Å²) in [7, 11) is 0. The highest BCUT2D eigenvalue weighted by Crippen LogP contribution is 2.18. The monoisotopic (exact) mass is 229 g/mol. The van der Waals surface area contributed by atoms with E-state index >= 15 is 0 Å². The average Bonchev–Trinajstić information content (AvgIpc) is 2.36. The van der Waals surface area contributed by atoms with Gasteiger partial charge in [-0.2, -0.15) is 0 Å². The van der Waals surface area contributed by atoms with Crippen LogP contribution in [-0.4, -0.2) is 17.6 Å². The summed E-state index contributed by atoms with van der Waals surface area (Å²) in [6.45, 7) is 0.390. The highest BCUT2D eigenvalue weighted by atomic mass is 16.3. The first-order valence-electron chi connectivity index (χ1n) is 5.65. The lowest BCUT2D eigenvalue weighted by Crippen LogP contribution is -2.23. The SMILES string of the molecule is O=C(CCO)NCc1cccc2ccccc12. The molecule has 0 bridgehead atoms. The van der Waals surface area contributed by atoms with E-state index in [1.165, 1.54) is 5.39 Å². The zero-order valence-electron chi connectivity index (χ0n) is 9.52. The summed E-state index contributed by atoms with van der Waals surface area (Å²) >= 11 is 0. The van der Waals surface area contributed by atoms with E-state index in [0.717, 1.165) is 10.9 Å². The fraction of sp³-hybridized carbons (Fsp3) is 0.214. The van der Waals surface area contributed by atoms with Gasteiger partial charge < -0.3 is 10.4 Å². The van der Waals surface area contributed by atoms with E-state index in [-0.39, 0.29) is 18.9 Å². The maximum Gasteiger partial charge on any atom is 0.222 e. The molecule has 0 saturated heterocycles. The van der Waals surface area contributed by atoms with Crippen molar-refractivity contribution in [2.45, 2.75) is 13.0 Å². The Hall–Kier alpha value is -1.87. The van der Waals surface area contributed by atoms with Crippen molar-refractivity contribution in [3.63, 3.8) is 0 Å². The molecule has 88 valence electrons. The fourth-order valence-electron chi connectivity index (χ4n) is 1.83. The first kappa shape index (κ1) is 11.6. The third kappa shape index (κ3) is 2.82. The third-order valence-electron chi connectivity index (χ3n) is 2.69. The van der Waals surface area contributed by atoms with Crippen LogP contribution in [0.5, 0.6) is 0 Å². The van der Waals surface area contributed by atoms with Crippen molar-refractivity contribution >= 4 is 16.7 Å². The predicted molar refractivity (Wildman–Crippen MR) is 67.5 cm³/mol. The maximum atomic E-state index is 11.3. The molecule has 0 aliphatic carbocycles. The Bertz CT molecular complexity index is 517. The lowest BCUT2D eigenvalue weighted by Gasteiger charge is -2.07. The molecule has 0 fully saturated rings. The molecule has 0 aliphatic heterocycles. The molecule has 2 aromatic rings. The van der Waals surface area contributed by atoms with Gasteiger partial charge in [-0.25, -0.2) is 0 Å². The summed E-state index contributed by atoms with van der Waals surface area (Å²) in [5.74, 6) is -0.125. The minimum atomic E-state index is -0.125. The molecule has 0 saturated carbocycles. The van der Waals surface area contributed by atoms with Crippen molar-refractivity contribution in [3.05, 3.63) is 48.0 Å². The molecule has 2 N–H and O–H groups in total.